The third kappa shape index (κ3) is 5.12. The van der Waals surface area contributed by atoms with Crippen LogP contribution in [0.4, 0.5) is 0 Å². The van der Waals surface area contributed by atoms with Crippen LogP contribution in [0.3, 0.4) is 0 Å². The number of aliphatic carboxylic acids is 1. The van der Waals surface area contributed by atoms with Gasteiger partial charge in [-0.2, -0.15) is 0 Å². The molecular formula is C15H29NO4. The molecule has 118 valence electrons. The Morgan fingerprint density at radius 1 is 1.15 bits per heavy atom. The van der Waals surface area contributed by atoms with Crippen molar-refractivity contribution in [1.29, 1.82) is 0 Å². The van der Waals surface area contributed by atoms with Crippen LogP contribution in [-0.4, -0.2) is 34.7 Å². The molecule has 0 spiro atoms. The van der Waals surface area contributed by atoms with Crippen LogP contribution in [0.25, 0.3) is 0 Å². The third-order valence-corrected chi connectivity index (χ3v) is 4.09. The molecule has 2 unspecified atom stereocenters. The van der Waals surface area contributed by atoms with Crippen LogP contribution in [0.1, 0.15) is 54.4 Å². The van der Waals surface area contributed by atoms with Gasteiger partial charge in [0.05, 0.1) is 5.41 Å². The highest BCUT2D eigenvalue weighted by molar-refractivity contribution is 5.85. The molecule has 2 atom stereocenters. The topological polar surface area (TPSA) is 86.6 Å². The largest absolute Gasteiger partial charge is 0.481 e. The van der Waals surface area contributed by atoms with E-state index in [0.717, 1.165) is 0 Å². The molecule has 0 fully saturated rings. The minimum absolute atomic E-state index is 0.0113. The molecule has 20 heavy (non-hydrogen) atoms. The Labute approximate surface area is 121 Å². The van der Waals surface area contributed by atoms with E-state index < -0.39 is 11.4 Å². The average molecular weight is 287 g/mol. The molecule has 0 bridgehead atoms. The number of hydrogen-bond donors (Lipinski definition) is 3. The summed E-state index contributed by atoms with van der Waals surface area (Å²) in [5.74, 6) is -1.38. The number of hydrogen-bond acceptors (Lipinski definition) is 3. The van der Waals surface area contributed by atoms with Crippen LogP contribution in [-0.2, 0) is 9.59 Å². The van der Waals surface area contributed by atoms with Crippen molar-refractivity contribution in [1.82, 2.24) is 5.32 Å². The first-order valence-corrected chi connectivity index (χ1v) is 7.08. The van der Waals surface area contributed by atoms with Crippen LogP contribution in [0.15, 0.2) is 0 Å². The number of nitrogens with one attached hydrogen (secondary N) is 1. The Bertz CT molecular complexity index is 346. The number of aliphatic hydroxyl groups excluding tert-OH is 1. The van der Waals surface area contributed by atoms with Gasteiger partial charge in [0.15, 0.2) is 0 Å². The van der Waals surface area contributed by atoms with Crippen molar-refractivity contribution >= 4 is 11.9 Å². The van der Waals surface area contributed by atoms with Crippen molar-refractivity contribution in [2.24, 2.45) is 16.7 Å². The van der Waals surface area contributed by atoms with Gasteiger partial charge in [-0.1, -0.05) is 34.6 Å². The normalized spacial score (nSPS) is 16.6. The van der Waals surface area contributed by atoms with Crippen LogP contribution >= 0.6 is 0 Å². The summed E-state index contributed by atoms with van der Waals surface area (Å²) < 4.78 is 0. The van der Waals surface area contributed by atoms with Gasteiger partial charge >= 0.3 is 5.97 Å². The van der Waals surface area contributed by atoms with E-state index in [0.29, 0.717) is 6.42 Å². The van der Waals surface area contributed by atoms with Gasteiger partial charge in [0.1, 0.15) is 0 Å². The first-order valence-electron chi connectivity index (χ1n) is 7.08. The van der Waals surface area contributed by atoms with E-state index in [2.05, 4.69) is 5.32 Å². The Balaban J connectivity index is 4.87. The van der Waals surface area contributed by atoms with Crippen molar-refractivity contribution in [2.45, 2.75) is 60.4 Å². The summed E-state index contributed by atoms with van der Waals surface area (Å²) >= 11 is 0. The lowest BCUT2D eigenvalue weighted by atomic mass is 9.76. The second-order valence-corrected chi connectivity index (χ2v) is 7.05. The van der Waals surface area contributed by atoms with Crippen molar-refractivity contribution in [2.75, 3.05) is 6.61 Å². The highest BCUT2D eigenvalue weighted by atomic mass is 16.4. The van der Waals surface area contributed by atoms with E-state index in [1.807, 2.05) is 20.8 Å². The maximum absolute atomic E-state index is 12.1. The Kier molecular flexibility index (Phi) is 6.68. The molecule has 0 saturated carbocycles. The molecule has 0 aliphatic carbocycles. The van der Waals surface area contributed by atoms with Gasteiger partial charge in [-0.3, -0.25) is 9.59 Å². The first-order chi connectivity index (χ1) is 8.95. The van der Waals surface area contributed by atoms with Crippen molar-refractivity contribution in [3.63, 3.8) is 0 Å². The van der Waals surface area contributed by atoms with E-state index in [-0.39, 0.29) is 36.3 Å². The third-order valence-electron chi connectivity index (χ3n) is 4.09. The summed E-state index contributed by atoms with van der Waals surface area (Å²) in [7, 11) is 0. The predicted molar refractivity (Wildman–Crippen MR) is 78.3 cm³/mol. The number of aliphatic hydroxyl groups is 1. The first kappa shape index (κ1) is 18.9. The van der Waals surface area contributed by atoms with Gasteiger partial charge in [-0.25, -0.2) is 0 Å². The standard InChI is InChI=1S/C15H29NO4/c1-10(2)15(6,13(19)20)9-12(18)16-11(7-8-17)14(3,4)5/h10-11,17H,7-9H2,1-6H3,(H,16,18)(H,19,20). The fourth-order valence-electron chi connectivity index (χ4n) is 1.96. The van der Waals surface area contributed by atoms with E-state index in [9.17, 15) is 14.7 Å². The Hall–Kier alpha value is -1.10. The van der Waals surface area contributed by atoms with Gasteiger partial charge in [-0.15, -0.1) is 0 Å². The molecule has 0 aromatic rings. The molecule has 0 rings (SSSR count). The fraction of sp³-hybridized carbons (Fsp3) is 0.867. The summed E-state index contributed by atoms with van der Waals surface area (Å²) in [6, 6.07) is -0.176. The summed E-state index contributed by atoms with van der Waals surface area (Å²) in [6.07, 6.45) is 0.402. The van der Waals surface area contributed by atoms with Crippen LogP contribution in [0.5, 0.6) is 0 Å². The van der Waals surface area contributed by atoms with Crippen molar-refractivity contribution in [3.8, 4) is 0 Å². The van der Waals surface area contributed by atoms with Gasteiger partial charge in [0.2, 0.25) is 5.91 Å². The minimum Gasteiger partial charge on any atom is -0.481 e. The lowest BCUT2D eigenvalue weighted by molar-refractivity contribution is -0.153. The molecule has 0 aromatic heterocycles. The summed E-state index contributed by atoms with van der Waals surface area (Å²) in [5, 5.41) is 21.3. The zero-order valence-corrected chi connectivity index (χ0v) is 13.5. The van der Waals surface area contributed by atoms with Gasteiger partial charge in [0.25, 0.3) is 0 Å². The van der Waals surface area contributed by atoms with Crippen molar-refractivity contribution < 1.29 is 19.8 Å². The van der Waals surface area contributed by atoms with E-state index in [1.165, 1.54) is 0 Å². The molecule has 0 saturated heterocycles. The minimum atomic E-state index is -1.08. The zero-order chi connectivity index (χ0) is 16.1. The molecule has 5 heteroatoms. The van der Waals surface area contributed by atoms with Crippen molar-refractivity contribution in [3.05, 3.63) is 0 Å². The number of carbonyl (C=O) groups excluding carboxylic acids is 1. The number of rotatable bonds is 7. The van der Waals surface area contributed by atoms with Crippen LogP contribution in [0.2, 0.25) is 0 Å². The molecule has 0 heterocycles. The Morgan fingerprint density at radius 3 is 1.95 bits per heavy atom. The van der Waals surface area contributed by atoms with Gasteiger partial charge in [0, 0.05) is 19.1 Å². The quantitative estimate of drug-likeness (QED) is 0.668. The highest BCUT2D eigenvalue weighted by Crippen LogP contribution is 2.32. The number of carboxylic acid groups (broad SMARTS) is 1. The maximum atomic E-state index is 12.1. The number of amides is 1. The van der Waals surface area contributed by atoms with Gasteiger partial charge < -0.3 is 15.5 Å². The highest BCUT2D eigenvalue weighted by Gasteiger charge is 2.39. The molecular weight excluding hydrogens is 258 g/mol. The average Bonchev–Trinajstić information content (AvgIpc) is 2.26. The molecule has 5 nitrogen and oxygen atoms in total. The van der Waals surface area contributed by atoms with E-state index >= 15 is 0 Å². The molecule has 0 radical (unpaired) electrons. The second-order valence-electron chi connectivity index (χ2n) is 7.05. The Morgan fingerprint density at radius 2 is 1.65 bits per heavy atom. The molecule has 1 amide bonds. The van der Waals surface area contributed by atoms with Crippen LogP contribution < -0.4 is 5.32 Å². The second kappa shape index (κ2) is 7.07. The summed E-state index contributed by atoms with van der Waals surface area (Å²) in [4.78, 5) is 23.5. The fourth-order valence-corrected chi connectivity index (χ4v) is 1.96. The monoisotopic (exact) mass is 287 g/mol. The number of carboxylic acids is 1. The van der Waals surface area contributed by atoms with E-state index in [4.69, 9.17) is 5.11 Å². The lowest BCUT2D eigenvalue weighted by Gasteiger charge is -2.33. The SMILES string of the molecule is CC(C)C(C)(CC(=O)NC(CCO)C(C)(C)C)C(=O)O. The molecule has 0 aromatic carbocycles. The molecule has 0 aliphatic heterocycles. The van der Waals surface area contributed by atoms with Gasteiger partial charge in [-0.05, 0) is 24.7 Å². The molecule has 3 N–H and O–H groups in total. The lowest BCUT2D eigenvalue weighted by Crippen LogP contribution is -2.47. The summed E-state index contributed by atoms with van der Waals surface area (Å²) in [5.41, 5.74) is -1.26. The number of carbonyl (C=O) groups is 2. The van der Waals surface area contributed by atoms with Crippen LogP contribution in [0, 0.1) is 16.7 Å². The smallest absolute Gasteiger partial charge is 0.310 e. The molecule has 0 aliphatic rings. The maximum Gasteiger partial charge on any atom is 0.310 e. The van der Waals surface area contributed by atoms with E-state index in [1.54, 1.807) is 20.8 Å². The zero-order valence-electron chi connectivity index (χ0n) is 13.5. The summed E-state index contributed by atoms with van der Waals surface area (Å²) in [6.45, 7) is 11.1. The predicted octanol–water partition coefficient (Wildman–Crippen LogP) is 2.04.